The van der Waals surface area contributed by atoms with Crippen LogP contribution in [0.1, 0.15) is 51.9 Å². The van der Waals surface area contributed by atoms with Gasteiger partial charge in [-0.1, -0.05) is 12.8 Å². The number of piperidine rings is 1. The Hall–Kier alpha value is -1.15. The van der Waals surface area contributed by atoms with E-state index in [1.165, 1.54) is 11.4 Å². The number of rotatable bonds is 4. The first kappa shape index (κ1) is 19.6. The Morgan fingerprint density at radius 3 is 2.35 bits per heavy atom. The van der Waals surface area contributed by atoms with Gasteiger partial charge in [-0.3, -0.25) is 4.79 Å². The fourth-order valence-corrected chi connectivity index (χ4v) is 6.03. The molecule has 2 saturated heterocycles. The maximum Gasteiger partial charge on any atom is 0.328 e. The molecule has 0 aromatic rings. The standard InChI is InChI=1S/C18H30N2O5S/c1-3-26(23,24)19-10-8-13(9-11-19)17(21)20-15-7-5-4-6-14(15)12-16(20)18(22)25-2/h13-16H,3-12H2,1-2H3. The van der Waals surface area contributed by atoms with Gasteiger partial charge in [0, 0.05) is 25.0 Å². The first-order valence-electron chi connectivity index (χ1n) is 9.76. The molecule has 0 N–H and O–H groups in total. The minimum atomic E-state index is -3.20. The molecule has 3 unspecified atom stereocenters. The van der Waals surface area contributed by atoms with Crippen molar-refractivity contribution in [1.29, 1.82) is 0 Å². The smallest absolute Gasteiger partial charge is 0.328 e. The molecule has 1 amide bonds. The number of ether oxygens (including phenoxy) is 1. The Kier molecular flexibility index (Phi) is 5.91. The zero-order chi connectivity index (χ0) is 18.9. The molecule has 8 heteroatoms. The van der Waals surface area contributed by atoms with Gasteiger partial charge in [-0.2, -0.15) is 0 Å². The number of fused-ring (bicyclic) bond motifs is 1. The van der Waals surface area contributed by atoms with Crippen molar-refractivity contribution >= 4 is 21.9 Å². The second-order valence-corrected chi connectivity index (χ2v) is 9.96. The van der Waals surface area contributed by atoms with E-state index >= 15 is 0 Å². The van der Waals surface area contributed by atoms with E-state index in [0.29, 0.717) is 38.3 Å². The molecule has 1 aliphatic carbocycles. The van der Waals surface area contributed by atoms with E-state index in [9.17, 15) is 18.0 Å². The summed E-state index contributed by atoms with van der Waals surface area (Å²) in [6.07, 6.45) is 6.02. The molecule has 3 rings (SSSR count). The van der Waals surface area contributed by atoms with E-state index in [1.54, 1.807) is 6.92 Å². The van der Waals surface area contributed by atoms with Crippen molar-refractivity contribution in [3.8, 4) is 0 Å². The molecular weight excluding hydrogens is 356 g/mol. The van der Waals surface area contributed by atoms with Crippen molar-refractivity contribution in [3.05, 3.63) is 0 Å². The normalized spacial score (nSPS) is 30.8. The van der Waals surface area contributed by atoms with E-state index in [2.05, 4.69) is 0 Å². The molecule has 0 aromatic carbocycles. The fraction of sp³-hybridized carbons (Fsp3) is 0.889. The van der Waals surface area contributed by atoms with Gasteiger partial charge in [-0.05, 0) is 44.9 Å². The van der Waals surface area contributed by atoms with Crippen LogP contribution in [-0.2, 0) is 24.3 Å². The molecule has 3 aliphatic rings. The highest BCUT2D eigenvalue weighted by Crippen LogP contribution is 2.41. The lowest BCUT2D eigenvalue weighted by molar-refractivity contribution is -0.154. The molecule has 0 aromatic heterocycles. The summed E-state index contributed by atoms with van der Waals surface area (Å²) in [6, 6.07) is -0.337. The monoisotopic (exact) mass is 386 g/mol. The quantitative estimate of drug-likeness (QED) is 0.682. The average molecular weight is 387 g/mol. The largest absolute Gasteiger partial charge is 0.467 e. The predicted molar refractivity (Wildman–Crippen MR) is 96.8 cm³/mol. The zero-order valence-corrected chi connectivity index (χ0v) is 16.5. The van der Waals surface area contributed by atoms with Crippen molar-refractivity contribution in [2.24, 2.45) is 11.8 Å². The maximum atomic E-state index is 13.3. The highest BCUT2D eigenvalue weighted by Gasteiger charge is 2.49. The summed E-state index contributed by atoms with van der Waals surface area (Å²) in [5.74, 6) is -0.0306. The van der Waals surface area contributed by atoms with E-state index in [-0.39, 0.29) is 29.6 Å². The number of hydrogen-bond donors (Lipinski definition) is 0. The molecule has 0 bridgehead atoms. The molecule has 0 radical (unpaired) electrons. The van der Waals surface area contributed by atoms with Crippen LogP contribution in [-0.4, -0.2) is 67.5 Å². The molecule has 7 nitrogen and oxygen atoms in total. The van der Waals surface area contributed by atoms with E-state index in [4.69, 9.17) is 4.74 Å². The second kappa shape index (κ2) is 7.84. The lowest BCUT2D eigenvalue weighted by Crippen LogP contribution is -2.51. The molecule has 2 heterocycles. The van der Waals surface area contributed by atoms with Gasteiger partial charge in [0.2, 0.25) is 15.9 Å². The minimum absolute atomic E-state index is 0.0170. The Balaban J connectivity index is 1.72. The summed E-state index contributed by atoms with van der Waals surface area (Å²) in [5, 5.41) is 0. The molecule has 3 atom stereocenters. The van der Waals surface area contributed by atoms with Crippen molar-refractivity contribution < 1.29 is 22.7 Å². The average Bonchev–Trinajstić information content (AvgIpc) is 3.06. The predicted octanol–water partition coefficient (Wildman–Crippen LogP) is 1.38. The van der Waals surface area contributed by atoms with Crippen LogP contribution in [0.25, 0.3) is 0 Å². The van der Waals surface area contributed by atoms with E-state index < -0.39 is 16.1 Å². The zero-order valence-electron chi connectivity index (χ0n) is 15.7. The van der Waals surface area contributed by atoms with Crippen molar-refractivity contribution in [3.63, 3.8) is 0 Å². The van der Waals surface area contributed by atoms with Crippen molar-refractivity contribution in [1.82, 2.24) is 9.21 Å². The number of sulfonamides is 1. The Morgan fingerprint density at radius 2 is 1.73 bits per heavy atom. The van der Waals surface area contributed by atoms with Gasteiger partial charge in [-0.15, -0.1) is 0 Å². The van der Waals surface area contributed by atoms with Crippen molar-refractivity contribution in [2.75, 3.05) is 26.0 Å². The van der Waals surface area contributed by atoms with Gasteiger partial charge in [0.25, 0.3) is 0 Å². The van der Waals surface area contributed by atoms with Gasteiger partial charge in [-0.25, -0.2) is 17.5 Å². The van der Waals surface area contributed by atoms with Crippen LogP contribution in [0, 0.1) is 11.8 Å². The third kappa shape index (κ3) is 3.63. The van der Waals surface area contributed by atoms with Gasteiger partial charge >= 0.3 is 5.97 Å². The molecular formula is C18H30N2O5S. The minimum Gasteiger partial charge on any atom is -0.467 e. The fourth-order valence-electron chi connectivity index (χ4n) is 4.90. The van der Waals surface area contributed by atoms with Gasteiger partial charge in [0.15, 0.2) is 0 Å². The van der Waals surface area contributed by atoms with Gasteiger partial charge in [0.05, 0.1) is 12.9 Å². The molecule has 26 heavy (non-hydrogen) atoms. The second-order valence-electron chi connectivity index (χ2n) is 7.71. The van der Waals surface area contributed by atoms with Crippen LogP contribution in [0.4, 0.5) is 0 Å². The van der Waals surface area contributed by atoms with E-state index in [0.717, 1.165) is 25.7 Å². The highest BCUT2D eigenvalue weighted by molar-refractivity contribution is 7.89. The van der Waals surface area contributed by atoms with Crippen LogP contribution in [0.2, 0.25) is 0 Å². The number of amides is 1. The summed E-state index contributed by atoms with van der Waals surface area (Å²) in [7, 11) is -1.83. The van der Waals surface area contributed by atoms with Crippen LogP contribution in [0.3, 0.4) is 0 Å². The molecule has 1 saturated carbocycles. The first-order chi connectivity index (χ1) is 12.4. The number of esters is 1. The van der Waals surface area contributed by atoms with Gasteiger partial charge in [0.1, 0.15) is 6.04 Å². The molecule has 148 valence electrons. The van der Waals surface area contributed by atoms with Crippen LogP contribution in [0.5, 0.6) is 0 Å². The maximum absolute atomic E-state index is 13.3. The lowest BCUT2D eigenvalue weighted by atomic mass is 9.84. The lowest BCUT2D eigenvalue weighted by Gasteiger charge is -2.38. The number of methoxy groups -OCH3 is 1. The van der Waals surface area contributed by atoms with Crippen LogP contribution in [0.15, 0.2) is 0 Å². The Labute approximate surface area is 156 Å². The Bertz CT molecular complexity index is 642. The number of nitrogens with zero attached hydrogens (tertiary/aromatic N) is 2. The third-order valence-corrected chi connectivity index (χ3v) is 8.26. The van der Waals surface area contributed by atoms with Crippen LogP contribution >= 0.6 is 0 Å². The van der Waals surface area contributed by atoms with E-state index in [1.807, 2.05) is 4.90 Å². The summed E-state index contributed by atoms with van der Waals surface area (Å²) in [4.78, 5) is 27.3. The van der Waals surface area contributed by atoms with Gasteiger partial charge < -0.3 is 9.64 Å². The topological polar surface area (TPSA) is 84.0 Å². The summed E-state index contributed by atoms with van der Waals surface area (Å²) in [5.41, 5.74) is 0. The summed E-state index contributed by atoms with van der Waals surface area (Å²) >= 11 is 0. The highest BCUT2D eigenvalue weighted by atomic mass is 32.2. The van der Waals surface area contributed by atoms with Crippen LogP contribution < -0.4 is 0 Å². The van der Waals surface area contributed by atoms with Crippen molar-refractivity contribution in [2.45, 2.75) is 64.0 Å². The third-order valence-electron chi connectivity index (χ3n) is 6.38. The summed E-state index contributed by atoms with van der Waals surface area (Å²) in [6.45, 7) is 2.41. The first-order valence-corrected chi connectivity index (χ1v) is 11.4. The summed E-state index contributed by atoms with van der Waals surface area (Å²) < 4.78 is 30.5. The molecule has 3 fully saturated rings. The number of carbonyl (C=O) groups is 2. The number of carbonyl (C=O) groups excluding carboxylic acids is 2. The Morgan fingerprint density at radius 1 is 1.08 bits per heavy atom. The molecule has 2 aliphatic heterocycles. The number of likely N-dealkylation sites (tertiary alicyclic amines) is 1. The number of hydrogen-bond acceptors (Lipinski definition) is 5. The SMILES string of the molecule is CCS(=O)(=O)N1CCC(C(=O)N2C(C(=O)OC)CC3CCCCC32)CC1. The molecule has 0 spiro atoms.